The van der Waals surface area contributed by atoms with Crippen LogP contribution in [-0.2, 0) is 7.05 Å². The number of hydrazone groups is 1. The predicted molar refractivity (Wildman–Crippen MR) is 158 cm³/mol. The monoisotopic (exact) mass is 549 g/mol. The van der Waals surface area contributed by atoms with E-state index in [1.165, 1.54) is 0 Å². The highest BCUT2D eigenvalue weighted by molar-refractivity contribution is 6.08. The van der Waals surface area contributed by atoms with Gasteiger partial charge >= 0.3 is 0 Å². The van der Waals surface area contributed by atoms with Crippen molar-refractivity contribution in [1.82, 2.24) is 5.43 Å². The van der Waals surface area contributed by atoms with Gasteiger partial charge in [0, 0.05) is 34.1 Å². The molecule has 0 aliphatic rings. The van der Waals surface area contributed by atoms with Crippen molar-refractivity contribution in [1.29, 1.82) is 5.41 Å². The van der Waals surface area contributed by atoms with Crippen molar-refractivity contribution >= 4 is 46.5 Å². The third kappa shape index (κ3) is 7.83. The lowest BCUT2D eigenvalue weighted by Gasteiger charge is -2.09. The molecule has 11 nitrogen and oxygen atoms in total. The number of nitrogens with one attached hydrogen (secondary N) is 5. The van der Waals surface area contributed by atoms with E-state index in [1.807, 2.05) is 23.9 Å². The maximum atomic E-state index is 12.7. The molecule has 3 amide bonds. The van der Waals surface area contributed by atoms with E-state index in [4.69, 9.17) is 11.1 Å². The number of nitrogens with zero attached hydrogens (tertiary/aromatic N) is 2. The normalized spacial score (nSPS) is 10.8. The summed E-state index contributed by atoms with van der Waals surface area (Å²) in [5, 5.41) is 19.6. The smallest absolute Gasteiger partial charge is 0.255 e. The SMILES string of the molecule is C/C(=N\NC(=N)N)c1ccc(NC(=O)c2ccc(C(=O)Nc3ccc(C(=O)Nc4ccc[n+](C)c4)cc3)cc2)cc1. The van der Waals surface area contributed by atoms with Crippen LogP contribution in [0.5, 0.6) is 0 Å². The Morgan fingerprint density at radius 2 is 1.10 bits per heavy atom. The van der Waals surface area contributed by atoms with Crippen LogP contribution in [0.1, 0.15) is 43.6 Å². The van der Waals surface area contributed by atoms with Crippen LogP contribution in [0.2, 0.25) is 0 Å². The molecule has 1 heterocycles. The first-order valence-corrected chi connectivity index (χ1v) is 12.5. The third-order valence-corrected chi connectivity index (χ3v) is 5.92. The van der Waals surface area contributed by atoms with E-state index in [0.29, 0.717) is 39.5 Å². The number of carbonyl (C=O) groups excluding carboxylic acids is 3. The number of hydrogen-bond donors (Lipinski definition) is 6. The number of guanidine groups is 1. The van der Waals surface area contributed by atoms with Crippen molar-refractivity contribution in [2.75, 3.05) is 16.0 Å². The molecule has 0 saturated heterocycles. The summed E-state index contributed by atoms with van der Waals surface area (Å²) in [5.74, 6) is -1.19. The zero-order chi connectivity index (χ0) is 29.4. The van der Waals surface area contributed by atoms with Crippen molar-refractivity contribution in [2.45, 2.75) is 6.92 Å². The minimum atomic E-state index is -0.349. The van der Waals surface area contributed by atoms with Gasteiger partial charge in [0.2, 0.25) is 5.96 Å². The summed E-state index contributed by atoms with van der Waals surface area (Å²) in [6, 6.07) is 23.5. The second-order valence-corrected chi connectivity index (χ2v) is 9.08. The lowest BCUT2D eigenvalue weighted by atomic mass is 10.1. The number of nitrogens with two attached hydrogens (primary N) is 1. The Hall–Kier alpha value is -5.84. The summed E-state index contributed by atoms with van der Waals surface area (Å²) in [7, 11) is 1.87. The molecule has 0 spiro atoms. The number of aryl methyl sites for hydroxylation is 1. The summed E-state index contributed by atoms with van der Waals surface area (Å²) in [6.07, 6.45) is 3.67. The van der Waals surface area contributed by atoms with Crippen molar-refractivity contribution in [2.24, 2.45) is 17.9 Å². The Morgan fingerprint density at radius 3 is 1.54 bits per heavy atom. The van der Waals surface area contributed by atoms with Crippen LogP contribution >= 0.6 is 0 Å². The van der Waals surface area contributed by atoms with Crippen LogP contribution < -0.4 is 31.7 Å². The first-order valence-electron chi connectivity index (χ1n) is 12.5. The summed E-state index contributed by atoms with van der Waals surface area (Å²) in [4.78, 5) is 37.9. The molecule has 206 valence electrons. The fourth-order valence-electron chi connectivity index (χ4n) is 3.75. The van der Waals surface area contributed by atoms with E-state index in [-0.39, 0.29) is 23.7 Å². The number of amides is 3. The van der Waals surface area contributed by atoms with Crippen molar-refractivity contribution < 1.29 is 19.0 Å². The number of benzene rings is 3. The molecule has 0 radical (unpaired) electrons. The Morgan fingerprint density at radius 1 is 0.683 bits per heavy atom. The van der Waals surface area contributed by atoms with E-state index >= 15 is 0 Å². The number of aromatic nitrogens is 1. The molecule has 11 heteroatoms. The first kappa shape index (κ1) is 28.2. The van der Waals surface area contributed by atoms with E-state index in [1.54, 1.807) is 92.0 Å². The van der Waals surface area contributed by atoms with Crippen molar-refractivity contribution in [3.8, 4) is 0 Å². The van der Waals surface area contributed by atoms with Gasteiger partial charge in [0.05, 0.1) is 5.71 Å². The Balaban J connectivity index is 1.31. The van der Waals surface area contributed by atoms with E-state index in [9.17, 15) is 14.4 Å². The summed E-state index contributed by atoms with van der Waals surface area (Å²) >= 11 is 0. The third-order valence-electron chi connectivity index (χ3n) is 5.92. The number of anilines is 3. The average Bonchev–Trinajstić information content (AvgIpc) is 2.96. The lowest BCUT2D eigenvalue weighted by molar-refractivity contribution is -0.670. The topological polar surface area (TPSA) is 165 Å². The Bertz CT molecular complexity index is 1610. The summed E-state index contributed by atoms with van der Waals surface area (Å²) in [6.45, 7) is 1.77. The van der Waals surface area contributed by atoms with Gasteiger partial charge in [-0.3, -0.25) is 19.8 Å². The molecule has 7 N–H and O–H groups in total. The quantitative estimate of drug-likeness (QED) is 0.0856. The minimum absolute atomic E-state index is 0.259. The fraction of sp³-hybridized carbons (Fsp3) is 0.0667. The van der Waals surface area contributed by atoms with E-state index < -0.39 is 0 Å². The number of hydrogen-bond acceptors (Lipinski definition) is 5. The zero-order valence-electron chi connectivity index (χ0n) is 22.4. The second kappa shape index (κ2) is 12.8. The lowest BCUT2D eigenvalue weighted by Crippen LogP contribution is -2.27. The number of carbonyl (C=O) groups is 3. The predicted octanol–water partition coefficient (Wildman–Crippen LogP) is 3.48. The number of pyridine rings is 1. The Kier molecular flexibility index (Phi) is 8.80. The Labute approximate surface area is 236 Å². The summed E-state index contributed by atoms with van der Waals surface area (Å²) < 4.78 is 1.84. The van der Waals surface area contributed by atoms with Crippen LogP contribution in [0.3, 0.4) is 0 Å². The van der Waals surface area contributed by atoms with E-state index in [0.717, 1.165) is 5.56 Å². The summed E-state index contributed by atoms with van der Waals surface area (Å²) in [5.41, 5.74) is 12.0. The second-order valence-electron chi connectivity index (χ2n) is 9.08. The van der Waals surface area contributed by atoms with Gasteiger partial charge in [0.25, 0.3) is 17.7 Å². The number of rotatable bonds is 8. The van der Waals surface area contributed by atoms with Crippen LogP contribution in [0, 0.1) is 5.41 Å². The molecule has 4 aromatic rings. The average molecular weight is 550 g/mol. The molecule has 1 aromatic heterocycles. The van der Waals surface area contributed by atoms with Crippen LogP contribution in [0.4, 0.5) is 17.1 Å². The molecular weight excluding hydrogens is 520 g/mol. The van der Waals surface area contributed by atoms with Gasteiger partial charge in [-0.05, 0) is 79.2 Å². The molecule has 4 rings (SSSR count). The maximum absolute atomic E-state index is 12.7. The molecule has 3 aromatic carbocycles. The van der Waals surface area contributed by atoms with Crippen LogP contribution in [0.15, 0.2) is 102 Å². The largest absolute Gasteiger partial charge is 0.369 e. The zero-order valence-corrected chi connectivity index (χ0v) is 22.4. The molecule has 0 aliphatic carbocycles. The fourth-order valence-corrected chi connectivity index (χ4v) is 3.75. The van der Waals surface area contributed by atoms with E-state index in [2.05, 4.69) is 26.5 Å². The van der Waals surface area contributed by atoms with Gasteiger partial charge in [-0.1, -0.05) is 12.1 Å². The van der Waals surface area contributed by atoms with Gasteiger partial charge < -0.3 is 21.7 Å². The van der Waals surface area contributed by atoms with Crippen molar-refractivity contribution in [3.05, 3.63) is 120 Å². The van der Waals surface area contributed by atoms with Gasteiger partial charge in [-0.25, -0.2) is 9.99 Å². The molecule has 0 atom stereocenters. The molecule has 41 heavy (non-hydrogen) atoms. The van der Waals surface area contributed by atoms with Crippen LogP contribution in [0.25, 0.3) is 0 Å². The van der Waals surface area contributed by atoms with Gasteiger partial charge in [0.1, 0.15) is 12.7 Å². The minimum Gasteiger partial charge on any atom is -0.369 e. The molecule has 0 bridgehead atoms. The highest BCUT2D eigenvalue weighted by Crippen LogP contribution is 2.16. The molecule has 0 aliphatic heterocycles. The maximum Gasteiger partial charge on any atom is 0.255 e. The standard InChI is InChI=1S/C30H28N8O3/c1-19(36-37-30(31)32)20-9-13-24(14-10-20)33-27(39)21-5-7-22(8-6-21)28(40)34-25-15-11-23(12-16-25)29(41)35-26-4-3-17-38(2)18-26/h3-18H,1-2H3,(H6-,31,32,33,34,35,36,37,39,40,41)/p+1. The van der Waals surface area contributed by atoms with Crippen molar-refractivity contribution in [3.63, 3.8) is 0 Å². The highest BCUT2D eigenvalue weighted by atomic mass is 16.2. The van der Waals surface area contributed by atoms with Gasteiger partial charge in [0.15, 0.2) is 12.4 Å². The van der Waals surface area contributed by atoms with Gasteiger partial charge in [-0.15, -0.1) is 0 Å². The van der Waals surface area contributed by atoms with Gasteiger partial charge in [-0.2, -0.15) is 5.10 Å². The highest BCUT2D eigenvalue weighted by Gasteiger charge is 2.12. The molecular formula is C30H29N8O3+. The molecule has 0 unspecified atom stereocenters. The van der Waals surface area contributed by atoms with Crippen LogP contribution in [-0.4, -0.2) is 29.4 Å². The molecule has 0 saturated carbocycles. The first-order chi connectivity index (χ1) is 19.7. The molecule has 0 fully saturated rings.